The molecule has 0 heterocycles. The molecule has 0 fully saturated rings. The highest BCUT2D eigenvalue weighted by Gasteiger charge is 2.11. The van der Waals surface area contributed by atoms with Crippen molar-refractivity contribution in [3.05, 3.63) is 80.9 Å². The van der Waals surface area contributed by atoms with Crippen LogP contribution in [0.4, 0.5) is 11.4 Å². The second-order valence-electron chi connectivity index (χ2n) is 5.17. The molecule has 0 aliphatic rings. The number of rotatable bonds is 6. The van der Waals surface area contributed by atoms with E-state index in [2.05, 4.69) is 5.32 Å². The van der Waals surface area contributed by atoms with E-state index in [9.17, 15) is 20.2 Å². The SMILES string of the molecule is COc1ccc(NC(=O)/C(C#N)=C/C=C/c2ccccc2[N+](=O)[O-])cc1Cl. The second-order valence-corrected chi connectivity index (χ2v) is 5.58. The van der Waals surface area contributed by atoms with Crippen LogP contribution in [0.2, 0.25) is 5.02 Å². The average Bonchev–Trinajstić information content (AvgIpc) is 2.65. The van der Waals surface area contributed by atoms with Crippen LogP contribution in [0.5, 0.6) is 5.75 Å². The van der Waals surface area contributed by atoms with E-state index in [1.165, 1.54) is 37.5 Å². The molecule has 2 rings (SSSR count). The predicted molar refractivity (Wildman–Crippen MR) is 102 cm³/mol. The monoisotopic (exact) mass is 383 g/mol. The summed E-state index contributed by atoms with van der Waals surface area (Å²) in [6, 6.07) is 12.6. The number of ether oxygens (including phenoxy) is 1. The summed E-state index contributed by atoms with van der Waals surface area (Å²) in [5, 5.41) is 23.0. The zero-order chi connectivity index (χ0) is 19.8. The van der Waals surface area contributed by atoms with Crippen molar-refractivity contribution < 1.29 is 14.5 Å². The molecule has 0 radical (unpaired) electrons. The minimum atomic E-state index is -0.633. The lowest BCUT2D eigenvalue weighted by atomic mass is 10.1. The summed E-state index contributed by atoms with van der Waals surface area (Å²) in [5.74, 6) is -0.177. The van der Waals surface area contributed by atoms with Gasteiger partial charge in [0, 0.05) is 11.8 Å². The van der Waals surface area contributed by atoms with Gasteiger partial charge in [0.25, 0.3) is 11.6 Å². The van der Waals surface area contributed by atoms with Gasteiger partial charge < -0.3 is 10.1 Å². The lowest BCUT2D eigenvalue weighted by molar-refractivity contribution is -0.385. The van der Waals surface area contributed by atoms with E-state index in [4.69, 9.17) is 16.3 Å². The molecule has 0 atom stereocenters. The van der Waals surface area contributed by atoms with Gasteiger partial charge in [-0.25, -0.2) is 0 Å². The van der Waals surface area contributed by atoms with Crippen molar-refractivity contribution in [1.29, 1.82) is 5.26 Å². The Bertz CT molecular complexity index is 977. The van der Waals surface area contributed by atoms with Crippen LogP contribution in [-0.4, -0.2) is 17.9 Å². The zero-order valence-electron chi connectivity index (χ0n) is 14.2. The summed E-state index contributed by atoms with van der Waals surface area (Å²) < 4.78 is 5.03. The maximum Gasteiger partial charge on any atom is 0.276 e. The molecule has 136 valence electrons. The largest absolute Gasteiger partial charge is 0.495 e. The first kappa shape index (κ1) is 19.7. The van der Waals surface area contributed by atoms with Gasteiger partial charge in [-0.3, -0.25) is 14.9 Å². The fraction of sp³-hybridized carbons (Fsp3) is 0.0526. The molecule has 0 bridgehead atoms. The van der Waals surface area contributed by atoms with Gasteiger partial charge in [0.15, 0.2) is 0 Å². The molecule has 1 N–H and O–H groups in total. The first-order chi connectivity index (χ1) is 13.0. The third-order valence-electron chi connectivity index (χ3n) is 3.45. The molecule has 7 nitrogen and oxygen atoms in total. The number of hydrogen-bond acceptors (Lipinski definition) is 5. The average molecular weight is 384 g/mol. The predicted octanol–water partition coefficient (Wildman–Crippen LogP) is 4.36. The summed E-state index contributed by atoms with van der Waals surface area (Å²) in [7, 11) is 1.47. The van der Waals surface area contributed by atoms with Crippen LogP contribution in [-0.2, 0) is 4.79 Å². The number of nitro benzene ring substituents is 1. The van der Waals surface area contributed by atoms with Crippen LogP contribution in [0.1, 0.15) is 5.56 Å². The van der Waals surface area contributed by atoms with Gasteiger partial charge in [0.05, 0.1) is 22.6 Å². The number of amides is 1. The fourth-order valence-electron chi connectivity index (χ4n) is 2.15. The third kappa shape index (κ3) is 5.17. The van der Waals surface area contributed by atoms with Crippen molar-refractivity contribution in [3.63, 3.8) is 0 Å². The number of hydrogen-bond donors (Lipinski definition) is 1. The number of halogens is 1. The number of carbonyl (C=O) groups is 1. The molecule has 0 unspecified atom stereocenters. The molecule has 8 heteroatoms. The highest BCUT2D eigenvalue weighted by Crippen LogP contribution is 2.27. The Balaban J connectivity index is 2.16. The minimum absolute atomic E-state index is 0.0713. The van der Waals surface area contributed by atoms with Gasteiger partial charge in [-0.1, -0.05) is 29.8 Å². The van der Waals surface area contributed by atoms with Crippen LogP contribution >= 0.6 is 11.6 Å². The standard InChI is InChI=1S/C19H14ClN3O4/c1-27-18-10-9-15(11-16(18)20)22-19(24)14(12-21)7-4-6-13-5-2-3-8-17(13)23(25)26/h2-11H,1H3,(H,22,24)/b6-4+,14-7+. The quantitative estimate of drug-likeness (QED) is 0.262. The fourth-order valence-corrected chi connectivity index (χ4v) is 2.41. The molecule has 27 heavy (non-hydrogen) atoms. The Morgan fingerprint density at radius 2 is 2.07 bits per heavy atom. The van der Waals surface area contributed by atoms with Gasteiger partial charge in [-0.15, -0.1) is 0 Å². The number of nitriles is 1. The summed E-state index contributed by atoms with van der Waals surface area (Å²) in [5.41, 5.74) is 0.516. The molecule has 0 saturated heterocycles. The van der Waals surface area contributed by atoms with Crippen LogP contribution in [0.15, 0.2) is 60.2 Å². The number of carbonyl (C=O) groups excluding carboxylic acids is 1. The van der Waals surface area contributed by atoms with Crippen LogP contribution in [0, 0.1) is 21.4 Å². The molecular formula is C19H14ClN3O4. The van der Waals surface area contributed by atoms with Crippen molar-refractivity contribution in [3.8, 4) is 11.8 Å². The lowest BCUT2D eigenvalue weighted by Gasteiger charge is -2.07. The van der Waals surface area contributed by atoms with E-state index < -0.39 is 10.8 Å². The summed E-state index contributed by atoms with van der Waals surface area (Å²) in [4.78, 5) is 22.7. The number of benzene rings is 2. The van der Waals surface area contributed by atoms with Crippen molar-refractivity contribution >= 4 is 35.0 Å². The molecule has 1 amide bonds. The van der Waals surface area contributed by atoms with Crippen LogP contribution < -0.4 is 10.1 Å². The molecule has 0 saturated carbocycles. The lowest BCUT2D eigenvalue weighted by Crippen LogP contribution is -2.13. The zero-order valence-corrected chi connectivity index (χ0v) is 14.9. The Labute approximate surface area is 160 Å². The highest BCUT2D eigenvalue weighted by atomic mass is 35.5. The molecule has 0 aliphatic heterocycles. The minimum Gasteiger partial charge on any atom is -0.495 e. The van der Waals surface area contributed by atoms with E-state index in [1.807, 2.05) is 0 Å². The number of nitrogens with zero attached hydrogens (tertiary/aromatic N) is 2. The Hall–Kier alpha value is -3.63. The van der Waals surface area contributed by atoms with E-state index in [1.54, 1.807) is 36.4 Å². The topological polar surface area (TPSA) is 105 Å². The molecule has 2 aromatic carbocycles. The molecule has 0 aromatic heterocycles. The number of anilines is 1. The normalized spacial score (nSPS) is 11.1. The first-order valence-electron chi connectivity index (χ1n) is 7.63. The van der Waals surface area contributed by atoms with E-state index >= 15 is 0 Å². The number of para-hydroxylation sites is 1. The van der Waals surface area contributed by atoms with Crippen LogP contribution in [0.25, 0.3) is 6.08 Å². The Morgan fingerprint density at radius 3 is 2.70 bits per heavy atom. The number of nitrogens with one attached hydrogen (secondary N) is 1. The molecule has 2 aromatic rings. The number of methoxy groups -OCH3 is 1. The second kappa shape index (κ2) is 9.17. The van der Waals surface area contributed by atoms with E-state index in [0.717, 1.165) is 0 Å². The van der Waals surface area contributed by atoms with Gasteiger partial charge in [0.1, 0.15) is 17.4 Å². The van der Waals surface area contributed by atoms with E-state index in [0.29, 0.717) is 22.0 Å². The van der Waals surface area contributed by atoms with E-state index in [-0.39, 0.29) is 11.3 Å². The molecular weight excluding hydrogens is 370 g/mol. The van der Waals surface area contributed by atoms with Crippen molar-refractivity contribution in [2.45, 2.75) is 0 Å². The van der Waals surface area contributed by atoms with Crippen LogP contribution in [0.3, 0.4) is 0 Å². The van der Waals surface area contributed by atoms with Gasteiger partial charge in [0.2, 0.25) is 0 Å². The third-order valence-corrected chi connectivity index (χ3v) is 3.74. The maximum absolute atomic E-state index is 12.2. The summed E-state index contributed by atoms with van der Waals surface area (Å²) >= 11 is 6.00. The van der Waals surface area contributed by atoms with Gasteiger partial charge >= 0.3 is 0 Å². The number of nitro groups is 1. The summed E-state index contributed by atoms with van der Waals surface area (Å²) in [6.07, 6.45) is 4.13. The number of allylic oxidation sites excluding steroid dienone is 2. The smallest absolute Gasteiger partial charge is 0.276 e. The molecule has 0 spiro atoms. The van der Waals surface area contributed by atoms with Crippen molar-refractivity contribution in [1.82, 2.24) is 0 Å². The van der Waals surface area contributed by atoms with Crippen molar-refractivity contribution in [2.75, 3.05) is 12.4 Å². The first-order valence-corrected chi connectivity index (χ1v) is 8.01. The summed E-state index contributed by atoms with van der Waals surface area (Å²) in [6.45, 7) is 0. The van der Waals surface area contributed by atoms with Gasteiger partial charge in [-0.05, 0) is 36.4 Å². The highest BCUT2D eigenvalue weighted by molar-refractivity contribution is 6.32. The Kier molecular flexibility index (Phi) is 6.69. The molecule has 0 aliphatic carbocycles. The van der Waals surface area contributed by atoms with Gasteiger partial charge in [-0.2, -0.15) is 5.26 Å². The van der Waals surface area contributed by atoms with Crippen molar-refractivity contribution in [2.24, 2.45) is 0 Å². The maximum atomic E-state index is 12.2. The Morgan fingerprint density at radius 1 is 1.33 bits per heavy atom.